The number of carbonyl (C=O) groups is 4. The molecule has 2 unspecified atom stereocenters. The van der Waals surface area contributed by atoms with Gasteiger partial charge in [-0.15, -0.1) is 0 Å². The lowest BCUT2D eigenvalue weighted by Gasteiger charge is -2.13. The summed E-state index contributed by atoms with van der Waals surface area (Å²) in [5, 5.41) is 25.5. The number of halogens is 2. The molecule has 2 amide bonds. The van der Waals surface area contributed by atoms with Crippen LogP contribution in [0.4, 0.5) is 0 Å². The molecular weight excluding hydrogens is 950 g/mol. The van der Waals surface area contributed by atoms with Gasteiger partial charge in [-0.1, -0.05) is 54.4 Å². The Morgan fingerprint density at radius 3 is 1.49 bits per heavy atom. The Labute approximate surface area is 418 Å². The van der Waals surface area contributed by atoms with Gasteiger partial charge < -0.3 is 21.5 Å². The molecule has 5 N–H and O–H groups in total. The minimum Gasteiger partial charge on any atom is -0.480 e. The monoisotopic (exact) mass is 1000 g/mol. The number of nitrogens with one attached hydrogen (secondary N) is 2. The molecule has 0 bridgehead atoms. The summed E-state index contributed by atoms with van der Waals surface area (Å²) < 4.78 is 5.95. The lowest BCUT2D eigenvalue weighted by Crippen LogP contribution is -2.34. The van der Waals surface area contributed by atoms with Crippen molar-refractivity contribution in [2.75, 3.05) is 0 Å². The van der Waals surface area contributed by atoms with Gasteiger partial charge in [0.05, 0.1) is 17.9 Å². The van der Waals surface area contributed by atoms with Crippen LogP contribution in [0.25, 0.3) is 22.1 Å². The van der Waals surface area contributed by atoms with E-state index in [-0.39, 0.29) is 60.6 Å². The number of carboxylic acids is 1. The fraction of sp³-hybridized carbons (Fsp3) is 0.255. The predicted octanol–water partition coefficient (Wildman–Crippen LogP) is 6.95. The van der Waals surface area contributed by atoms with Crippen molar-refractivity contribution in [1.29, 1.82) is 0 Å². The fourth-order valence-corrected chi connectivity index (χ4v) is 7.48. The third kappa shape index (κ3) is 14.2. The van der Waals surface area contributed by atoms with Crippen LogP contribution in [0.2, 0.25) is 10.0 Å². The lowest BCUT2D eigenvalue weighted by molar-refractivity contribution is -0.137. The quantitative estimate of drug-likeness (QED) is 0.0769. The molecule has 18 nitrogen and oxygen atoms in total. The summed E-state index contributed by atoms with van der Waals surface area (Å²) in [6.07, 6.45) is 7.06. The van der Waals surface area contributed by atoms with Crippen molar-refractivity contribution in [3.63, 3.8) is 0 Å². The molecule has 0 spiro atoms. The summed E-state index contributed by atoms with van der Waals surface area (Å²) in [7, 11) is 0. The summed E-state index contributed by atoms with van der Waals surface area (Å²) in [5.41, 5.74) is 8.20. The van der Waals surface area contributed by atoms with E-state index in [0.717, 1.165) is 40.2 Å². The molecule has 0 saturated carbocycles. The second-order valence-electron chi connectivity index (χ2n) is 16.4. The van der Waals surface area contributed by atoms with Crippen LogP contribution in [0.3, 0.4) is 0 Å². The minimum absolute atomic E-state index is 0.0398. The zero-order valence-corrected chi connectivity index (χ0v) is 41.0. The molecule has 0 aliphatic heterocycles. The van der Waals surface area contributed by atoms with Crippen molar-refractivity contribution in [3.8, 4) is 0 Å². The van der Waals surface area contributed by atoms with Gasteiger partial charge in [0.1, 0.15) is 29.0 Å². The van der Waals surface area contributed by atoms with Crippen LogP contribution in [0.1, 0.15) is 89.3 Å². The van der Waals surface area contributed by atoms with Crippen LogP contribution < -0.4 is 27.5 Å². The van der Waals surface area contributed by atoms with E-state index in [0.29, 0.717) is 26.5 Å². The van der Waals surface area contributed by atoms with Crippen LogP contribution in [-0.2, 0) is 48.9 Å². The van der Waals surface area contributed by atoms with Gasteiger partial charge in [-0.3, -0.25) is 47.3 Å². The van der Waals surface area contributed by atoms with Crippen molar-refractivity contribution >= 4 is 68.8 Å². The van der Waals surface area contributed by atoms with Gasteiger partial charge >= 0.3 is 5.97 Å². The van der Waals surface area contributed by atoms with Crippen molar-refractivity contribution in [3.05, 3.63) is 186 Å². The molecule has 20 heteroatoms. The predicted molar refractivity (Wildman–Crippen MR) is 271 cm³/mol. The molecule has 71 heavy (non-hydrogen) atoms. The Bertz CT molecular complexity index is 3270. The molecular formula is C51H53Cl2N11O7. The molecule has 0 fully saturated rings. The first-order chi connectivity index (χ1) is 34.0. The van der Waals surface area contributed by atoms with E-state index in [1.54, 1.807) is 79.0 Å². The third-order valence-corrected chi connectivity index (χ3v) is 11.5. The maximum absolute atomic E-state index is 13.3. The number of hydrogen-bond donors (Lipinski definition) is 4. The number of Topliss-reactive ketones (excluding diaryl/α,β-unsaturated/α-hetero) is 1. The second-order valence-corrected chi connectivity index (χ2v) is 17.2. The number of amides is 2. The third-order valence-electron chi connectivity index (χ3n) is 11.0. The topological polar surface area (TPSA) is 244 Å². The van der Waals surface area contributed by atoms with E-state index in [1.807, 2.05) is 54.7 Å². The Morgan fingerprint density at radius 1 is 0.648 bits per heavy atom. The van der Waals surface area contributed by atoms with Crippen molar-refractivity contribution < 1.29 is 24.3 Å². The van der Waals surface area contributed by atoms with Crippen molar-refractivity contribution in [2.45, 2.75) is 85.3 Å². The first-order valence-corrected chi connectivity index (χ1v) is 23.4. The number of rotatable bonds is 16. The van der Waals surface area contributed by atoms with Gasteiger partial charge in [0.25, 0.3) is 22.9 Å². The molecule has 0 saturated heterocycles. The average molecular weight is 1000 g/mol. The van der Waals surface area contributed by atoms with Crippen molar-refractivity contribution in [1.82, 2.24) is 49.3 Å². The van der Waals surface area contributed by atoms with E-state index in [1.165, 1.54) is 22.9 Å². The Balaban J connectivity index is 0.000000200. The smallest absolute Gasteiger partial charge is 0.323 e. The highest BCUT2D eigenvalue weighted by Crippen LogP contribution is 2.19. The average Bonchev–Trinajstić information content (AvgIpc) is 4.07. The van der Waals surface area contributed by atoms with Gasteiger partial charge in [-0.2, -0.15) is 10.2 Å². The van der Waals surface area contributed by atoms with E-state index >= 15 is 0 Å². The van der Waals surface area contributed by atoms with Gasteiger partial charge in [0.2, 0.25) is 0 Å². The van der Waals surface area contributed by atoms with E-state index in [9.17, 15) is 28.8 Å². The summed E-state index contributed by atoms with van der Waals surface area (Å²) in [5.74, 6) is -2.55. The number of aryl methyl sites for hydroxylation is 2. The molecule has 0 aliphatic carbocycles. The highest BCUT2D eigenvalue weighted by Gasteiger charge is 2.21. The summed E-state index contributed by atoms with van der Waals surface area (Å²) >= 11 is 11.7. The normalized spacial score (nSPS) is 11.7. The number of carbonyl (C=O) groups excluding carboxylic acids is 3. The number of nitrogens with two attached hydrogens (primary N) is 1. The number of benzene rings is 2. The van der Waals surface area contributed by atoms with E-state index in [2.05, 4.69) is 37.7 Å². The highest BCUT2D eigenvalue weighted by atomic mass is 35.5. The van der Waals surface area contributed by atoms with Gasteiger partial charge in [0, 0.05) is 90.2 Å². The molecule has 0 aliphatic rings. The number of aliphatic carboxylic acids is 1. The van der Waals surface area contributed by atoms with Crippen LogP contribution >= 0.6 is 23.2 Å². The Kier molecular flexibility index (Phi) is 18.3. The summed E-state index contributed by atoms with van der Waals surface area (Å²) in [4.78, 5) is 83.7. The molecule has 0 radical (unpaired) electrons. The number of hydrogen-bond acceptors (Lipinski definition) is 11. The zero-order chi connectivity index (χ0) is 51.2. The molecule has 8 aromatic rings. The highest BCUT2D eigenvalue weighted by molar-refractivity contribution is 6.30. The summed E-state index contributed by atoms with van der Waals surface area (Å²) in [6.45, 7) is 9.26. The Hall–Kier alpha value is -7.80. The molecule has 6 heterocycles. The standard InChI is InChI=1S/C26H26ClN5O3.C18H14ClN3O4.C7H13N3/c1-3-31-12-10-23(30-31)17(2)13-21(33)16-32-24-19(5-4-11-28-24)14-22(26(32)35)25(34)29-15-18-6-8-20(27)9-7-18;19-13-5-3-11(4-6-13)9-21-17(25)14-8-12-2-1-7-20-16(12)22(18(14)26)10-15(23)24;1-3-10-5-4-7(9-10)6(2)8/h4-12,14,17H,3,13,15-16H2,1-2H3,(H,29,34);1-8H,9-10H2,(H,21,25)(H,23,24);4-6H,3,8H2,1-2H3. The molecule has 6 aromatic heterocycles. The van der Waals surface area contributed by atoms with Crippen LogP contribution in [0.15, 0.2) is 131 Å². The van der Waals surface area contributed by atoms with E-state index in [4.69, 9.17) is 34.0 Å². The van der Waals surface area contributed by atoms with Crippen LogP contribution in [-0.4, -0.2) is 67.3 Å². The SMILES string of the molecule is CCn1ccc(C(C)CC(=O)Cn2c(=O)c(C(=O)NCc3ccc(Cl)cc3)cc3cccnc32)n1.CCn1ccc(C(C)N)n1.O=C(O)Cn1c(=O)c(C(=O)NCc2ccc(Cl)cc2)cc2cccnc21. The number of pyridine rings is 4. The molecule has 368 valence electrons. The van der Waals surface area contributed by atoms with Gasteiger partial charge in [0.15, 0.2) is 5.78 Å². The number of fused-ring (bicyclic) bond motifs is 2. The minimum atomic E-state index is -1.20. The fourth-order valence-electron chi connectivity index (χ4n) is 7.23. The largest absolute Gasteiger partial charge is 0.480 e. The second kappa shape index (κ2) is 24.7. The lowest BCUT2D eigenvalue weighted by atomic mass is 10.0. The van der Waals surface area contributed by atoms with Crippen LogP contribution in [0, 0.1) is 0 Å². The number of carboxylic acid groups (broad SMARTS) is 1. The van der Waals surface area contributed by atoms with Gasteiger partial charge in [-0.25, -0.2) is 9.97 Å². The molecule has 2 atom stereocenters. The van der Waals surface area contributed by atoms with Crippen LogP contribution in [0.5, 0.6) is 0 Å². The van der Waals surface area contributed by atoms with Gasteiger partial charge in [-0.05, 0) is 105 Å². The van der Waals surface area contributed by atoms with E-state index < -0.39 is 35.4 Å². The molecule has 2 aromatic carbocycles. The zero-order valence-electron chi connectivity index (χ0n) is 39.5. The van der Waals surface area contributed by atoms with Crippen molar-refractivity contribution in [2.24, 2.45) is 5.73 Å². The first kappa shape index (κ1) is 52.6. The number of aromatic nitrogens is 8. The maximum atomic E-state index is 13.3. The Morgan fingerprint density at radius 2 is 1.08 bits per heavy atom. The molecule has 8 rings (SSSR count). The maximum Gasteiger partial charge on any atom is 0.323 e. The first-order valence-electron chi connectivity index (χ1n) is 22.6. The number of nitrogens with zero attached hydrogens (tertiary/aromatic N) is 8. The summed E-state index contributed by atoms with van der Waals surface area (Å²) in [6, 6.07) is 27.6. The number of ketones is 1.